The van der Waals surface area contributed by atoms with Gasteiger partial charge in [0.1, 0.15) is 12.4 Å². The number of carbonyl (C=O) groups is 2. The molecule has 0 unspecified atom stereocenters. The first kappa shape index (κ1) is 14.5. The van der Waals surface area contributed by atoms with Crippen LogP contribution in [0.2, 0.25) is 0 Å². The average molecular weight is 294 g/mol. The Balaban J connectivity index is 2.18. The first-order chi connectivity index (χ1) is 10.5. The van der Waals surface area contributed by atoms with Crippen LogP contribution < -0.4 is 4.74 Å². The molecule has 0 spiro atoms. The molecule has 1 heterocycles. The molecule has 1 aliphatic heterocycles. The third-order valence-corrected chi connectivity index (χ3v) is 4.15. The van der Waals surface area contributed by atoms with Gasteiger partial charge in [-0.25, -0.2) is 0 Å². The number of aryl methyl sites for hydroxylation is 1. The minimum absolute atomic E-state index is 0.0507. The van der Waals surface area contributed by atoms with Gasteiger partial charge in [-0.1, -0.05) is 19.1 Å². The van der Waals surface area contributed by atoms with Gasteiger partial charge in [-0.15, -0.1) is 0 Å². The summed E-state index contributed by atoms with van der Waals surface area (Å²) in [6.45, 7) is 5.61. The van der Waals surface area contributed by atoms with Crippen molar-refractivity contribution < 1.29 is 14.3 Å². The Morgan fingerprint density at radius 3 is 2.45 bits per heavy atom. The van der Waals surface area contributed by atoms with E-state index in [1.807, 2.05) is 37.3 Å². The van der Waals surface area contributed by atoms with Crippen LogP contribution in [0.3, 0.4) is 0 Å². The first-order valence-electron chi connectivity index (χ1n) is 7.46. The molecule has 0 N–H and O–H groups in total. The van der Waals surface area contributed by atoms with Gasteiger partial charge < -0.3 is 4.74 Å². The van der Waals surface area contributed by atoms with Crippen LogP contribution in [0.5, 0.6) is 5.75 Å². The van der Waals surface area contributed by atoms with Crippen molar-refractivity contribution in [1.82, 2.24) is 0 Å². The summed E-state index contributed by atoms with van der Waals surface area (Å²) in [5, 5.41) is 0. The summed E-state index contributed by atoms with van der Waals surface area (Å²) in [4.78, 5) is 23.3. The lowest BCUT2D eigenvalue weighted by Crippen LogP contribution is -2.09. The molecule has 0 aromatic heterocycles. The molecule has 2 aromatic rings. The van der Waals surface area contributed by atoms with Gasteiger partial charge in [0.2, 0.25) is 0 Å². The van der Waals surface area contributed by atoms with E-state index >= 15 is 0 Å². The highest BCUT2D eigenvalue weighted by molar-refractivity contribution is 5.98. The lowest BCUT2D eigenvalue weighted by Gasteiger charge is -2.23. The molecule has 0 atom stereocenters. The highest BCUT2D eigenvalue weighted by Gasteiger charge is 2.21. The van der Waals surface area contributed by atoms with Crippen LogP contribution in [0.4, 0.5) is 0 Å². The van der Waals surface area contributed by atoms with E-state index in [-0.39, 0.29) is 11.6 Å². The number of rotatable bonds is 3. The Morgan fingerprint density at radius 2 is 1.82 bits per heavy atom. The number of ether oxygens (including phenoxy) is 1. The maximum atomic E-state index is 11.8. The Labute approximate surface area is 129 Å². The van der Waals surface area contributed by atoms with Crippen molar-refractivity contribution in [3.05, 3.63) is 52.6 Å². The molecule has 0 saturated carbocycles. The van der Waals surface area contributed by atoms with E-state index in [4.69, 9.17) is 4.74 Å². The third-order valence-electron chi connectivity index (χ3n) is 4.15. The van der Waals surface area contributed by atoms with Crippen LogP contribution in [0.1, 0.15) is 52.6 Å². The second-order valence-corrected chi connectivity index (χ2v) is 5.63. The van der Waals surface area contributed by atoms with Crippen molar-refractivity contribution in [2.24, 2.45) is 0 Å². The van der Waals surface area contributed by atoms with E-state index in [1.165, 1.54) is 0 Å². The summed E-state index contributed by atoms with van der Waals surface area (Å²) >= 11 is 0. The van der Waals surface area contributed by atoms with Crippen molar-refractivity contribution in [2.75, 3.05) is 0 Å². The zero-order chi connectivity index (χ0) is 15.9. The van der Waals surface area contributed by atoms with Gasteiger partial charge in [-0.05, 0) is 55.2 Å². The van der Waals surface area contributed by atoms with Crippen molar-refractivity contribution in [3.8, 4) is 16.9 Å². The van der Waals surface area contributed by atoms with E-state index in [0.29, 0.717) is 12.2 Å². The van der Waals surface area contributed by atoms with Gasteiger partial charge in [0.25, 0.3) is 0 Å². The number of carbonyl (C=O) groups excluding carboxylic acids is 2. The molecule has 2 aromatic carbocycles. The fraction of sp³-hybridized carbons (Fsp3) is 0.263. The minimum Gasteiger partial charge on any atom is -0.488 e. The molecule has 3 heteroatoms. The first-order valence-corrected chi connectivity index (χ1v) is 7.46. The average Bonchev–Trinajstić information content (AvgIpc) is 2.52. The molecule has 1 aliphatic rings. The smallest absolute Gasteiger partial charge is 0.160 e. The summed E-state index contributed by atoms with van der Waals surface area (Å²) in [6.07, 6.45) is 0.795. The predicted octanol–water partition coefficient (Wildman–Crippen LogP) is 4.21. The van der Waals surface area contributed by atoms with Gasteiger partial charge >= 0.3 is 0 Å². The molecule has 3 rings (SSSR count). The van der Waals surface area contributed by atoms with Crippen LogP contribution in [0.15, 0.2) is 30.3 Å². The molecule has 0 radical (unpaired) electrons. The Hall–Kier alpha value is -2.42. The van der Waals surface area contributed by atoms with Gasteiger partial charge in [-0.3, -0.25) is 9.59 Å². The SMILES string of the molecule is CCc1cc2c(cc1C(C)=O)OCc1cc(C(C)=O)ccc1-2. The second kappa shape index (κ2) is 5.41. The van der Waals surface area contributed by atoms with Crippen LogP contribution in [0.25, 0.3) is 11.1 Å². The molecule has 0 aliphatic carbocycles. The van der Waals surface area contributed by atoms with E-state index in [0.717, 1.165) is 40.0 Å². The van der Waals surface area contributed by atoms with Gasteiger partial charge in [-0.2, -0.15) is 0 Å². The summed E-state index contributed by atoms with van der Waals surface area (Å²) in [6, 6.07) is 9.60. The standard InChI is InChI=1S/C19H18O3/c1-4-13-8-18-16-6-5-14(11(2)20)7-15(16)10-22-19(18)9-17(13)12(3)21/h5-9H,4,10H2,1-3H3. The van der Waals surface area contributed by atoms with Crippen LogP contribution in [-0.2, 0) is 13.0 Å². The van der Waals surface area contributed by atoms with Gasteiger partial charge in [0.15, 0.2) is 11.6 Å². The van der Waals surface area contributed by atoms with E-state index in [9.17, 15) is 9.59 Å². The quantitative estimate of drug-likeness (QED) is 0.796. The van der Waals surface area contributed by atoms with Gasteiger partial charge in [0.05, 0.1) is 0 Å². The zero-order valence-electron chi connectivity index (χ0n) is 13.0. The zero-order valence-corrected chi connectivity index (χ0v) is 13.0. The van der Waals surface area contributed by atoms with Crippen molar-refractivity contribution in [1.29, 1.82) is 0 Å². The van der Waals surface area contributed by atoms with E-state index in [2.05, 4.69) is 0 Å². The van der Waals surface area contributed by atoms with Crippen LogP contribution in [0, 0.1) is 0 Å². The van der Waals surface area contributed by atoms with Crippen LogP contribution >= 0.6 is 0 Å². The Bertz CT molecular complexity index is 788. The highest BCUT2D eigenvalue weighted by atomic mass is 16.5. The summed E-state index contributed by atoms with van der Waals surface area (Å²) in [5.41, 5.74) is 5.54. The van der Waals surface area contributed by atoms with Gasteiger partial charge in [0, 0.05) is 16.7 Å². The number of hydrogen-bond donors (Lipinski definition) is 0. The molecule has 0 amide bonds. The van der Waals surface area contributed by atoms with Crippen LogP contribution in [-0.4, -0.2) is 11.6 Å². The Kier molecular flexibility index (Phi) is 3.57. The molecular weight excluding hydrogens is 276 g/mol. The summed E-state index contributed by atoms with van der Waals surface area (Å²) < 4.78 is 5.81. The highest BCUT2D eigenvalue weighted by Crippen LogP contribution is 2.40. The number of Topliss-reactive ketones (excluding diaryl/α,β-unsaturated/α-hetero) is 2. The van der Waals surface area contributed by atoms with E-state index in [1.54, 1.807) is 13.8 Å². The fourth-order valence-corrected chi connectivity index (χ4v) is 2.93. The topological polar surface area (TPSA) is 43.4 Å². The molecule has 3 nitrogen and oxygen atoms in total. The summed E-state index contributed by atoms with van der Waals surface area (Å²) in [7, 11) is 0. The van der Waals surface area contributed by atoms with Crippen molar-refractivity contribution >= 4 is 11.6 Å². The lowest BCUT2D eigenvalue weighted by atomic mass is 9.90. The second-order valence-electron chi connectivity index (χ2n) is 5.63. The lowest BCUT2D eigenvalue weighted by molar-refractivity contribution is 0.100. The molecule has 0 bridgehead atoms. The van der Waals surface area contributed by atoms with E-state index < -0.39 is 0 Å². The predicted molar refractivity (Wildman–Crippen MR) is 85.6 cm³/mol. The largest absolute Gasteiger partial charge is 0.488 e. The molecule has 0 saturated heterocycles. The number of fused-ring (bicyclic) bond motifs is 3. The van der Waals surface area contributed by atoms with Crippen molar-refractivity contribution in [3.63, 3.8) is 0 Å². The minimum atomic E-state index is 0.0507. The summed E-state index contributed by atoms with van der Waals surface area (Å²) in [5.74, 6) is 0.848. The number of benzene rings is 2. The Morgan fingerprint density at radius 1 is 1.05 bits per heavy atom. The normalized spacial score (nSPS) is 12.1. The van der Waals surface area contributed by atoms with Crippen molar-refractivity contribution in [2.45, 2.75) is 33.8 Å². The number of ketones is 2. The maximum absolute atomic E-state index is 11.8. The third kappa shape index (κ3) is 2.33. The molecule has 0 fully saturated rings. The fourth-order valence-electron chi connectivity index (χ4n) is 2.93. The number of hydrogen-bond acceptors (Lipinski definition) is 3. The maximum Gasteiger partial charge on any atom is 0.160 e. The molecule has 112 valence electrons. The monoisotopic (exact) mass is 294 g/mol. The molecule has 22 heavy (non-hydrogen) atoms. The molecular formula is C19H18O3.